The molecule has 6 heteroatoms. The molecular formula is C13H23N5O. The minimum atomic E-state index is -0.0518. The average Bonchev–Trinajstić information content (AvgIpc) is 2.76. The SMILES string of the molecule is CN(C)C(=O)[C@H]1CN(Cc2nccn2C)CCN1C. The second-order valence-electron chi connectivity index (χ2n) is 5.42. The lowest BCUT2D eigenvalue weighted by Gasteiger charge is -2.39. The number of carbonyl (C=O) groups excluding carboxylic acids is 1. The molecule has 106 valence electrons. The van der Waals surface area contributed by atoms with E-state index in [9.17, 15) is 4.79 Å². The van der Waals surface area contributed by atoms with Crippen LogP contribution in [0.4, 0.5) is 0 Å². The molecule has 0 aliphatic carbocycles. The summed E-state index contributed by atoms with van der Waals surface area (Å²) in [6, 6.07) is -0.0518. The molecule has 1 fully saturated rings. The van der Waals surface area contributed by atoms with Crippen molar-refractivity contribution in [2.24, 2.45) is 7.05 Å². The smallest absolute Gasteiger partial charge is 0.240 e. The van der Waals surface area contributed by atoms with Gasteiger partial charge in [0.05, 0.1) is 6.54 Å². The van der Waals surface area contributed by atoms with Gasteiger partial charge in [-0.05, 0) is 7.05 Å². The van der Waals surface area contributed by atoms with Crippen LogP contribution in [0.1, 0.15) is 5.82 Å². The van der Waals surface area contributed by atoms with E-state index >= 15 is 0 Å². The number of hydrogen-bond acceptors (Lipinski definition) is 4. The fraction of sp³-hybridized carbons (Fsp3) is 0.692. The van der Waals surface area contributed by atoms with Gasteiger partial charge in [0.2, 0.25) is 5.91 Å². The summed E-state index contributed by atoms with van der Waals surface area (Å²) in [4.78, 5) is 22.6. The molecule has 0 spiro atoms. The quantitative estimate of drug-likeness (QED) is 0.748. The van der Waals surface area contributed by atoms with Crippen molar-refractivity contribution in [2.75, 3.05) is 40.8 Å². The first-order valence-electron chi connectivity index (χ1n) is 6.59. The predicted octanol–water partition coefficient (Wildman–Crippen LogP) is -0.376. The van der Waals surface area contributed by atoms with Crippen LogP contribution in [0.5, 0.6) is 0 Å². The molecule has 0 radical (unpaired) electrons. The summed E-state index contributed by atoms with van der Waals surface area (Å²) < 4.78 is 2.03. The molecule has 0 aromatic carbocycles. The normalized spacial score (nSPS) is 21.6. The van der Waals surface area contributed by atoms with Gasteiger partial charge in [-0.25, -0.2) is 4.98 Å². The summed E-state index contributed by atoms with van der Waals surface area (Å²) in [7, 11) is 7.65. The van der Waals surface area contributed by atoms with Crippen molar-refractivity contribution in [2.45, 2.75) is 12.6 Å². The molecule has 1 atom stereocenters. The Bertz CT molecular complexity index is 442. The van der Waals surface area contributed by atoms with Crippen molar-refractivity contribution in [3.63, 3.8) is 0 Å². The number of aromatic nitrogens is 2. The molecule has 0 bridgehead atoms. The highest BCUT2D eigenvalue weighted by atomic mass is 16.2. The number of likely N-dealkylation sites (N-methyl/N-ethyl adjacent to an activating group) is 2. The van der Waals surface area contributed by atoms with Crippen molar-refractivity contribution in [1.29, 1.82) is 0 Å². The largest absolute Gasteiger partial charge is 0.347 e. The molecular weight excluding hydrogens is 242 g/mol. The Balaban J connectivity index is 2.01. The third-order valence-corrected chi connectivity index (χ3v) is 3.74. The van der Waals surface area contributed by atoms with Gasteiger partial charge in [0, 0.05) is 53.2 Å². The number of hydrogen-bond donors (Lipinski definition) is 0. The first-order chi connectivity index (χ1) is 8.99. The van der Waals surface area contributed by atoms with E-state index in [1.165, 1.54) is 0 Å². The zero-order valence-corrected chi connectivity index (χ0v) is 12.2. The van der Waals surface area contributed by atoms with Gasteiger partial charge in [0.15, 0.2) is 0 Å². The number of piperazine rings is 1. The zero-order valence-electron chi connectivity index (χ0n) is 12.2. The van der Waals surface area contributed by atoms with Crippen LogP contribution in [0.3, 0.4) is 0 Å². The van der Waals surface area contributed by atoms with E-state index in [1.807, 2.05) is 45.2 Å². The van der Waals surface area contributed by atoms with Gasteiger partial charge in [-0.15, -0.1) is 0 Å². The van der Waals surface area contributed by atoms with Gasteiger partial charge in [-0.3, -0.25) is 14.6 Å². The summed E-state index contributed by atoms with van der Waals surface area (Å²) in [6.07, 6.45) is 3.77. The third-order valence-electron chi connectivity index (χ3n) is 3.74. The Morgan fingerprint density at radius 1 is 1.42 bits per heavy atom. The Morgan fingerprint density at radius 2 is 2.16 bits per heavy atom. The molecule has 2 rings (SSSR count). The van der Waals surface area contributed by atoms with Crippen LogP contribution in [-0.4, -0.2) is 77.0 Å². The van der Waals surface area contributed by atoms with Crippen molar-refractivity contribution in [3.8, 4) is 0 Å². The summed E-state index contributed by atoms with van der Waals surface area (Å²) >= 11 is 0. The Kier molecular flexibility index (Phi) is 4.21. The lowest BCUT2D eigenvalue weighted by Crippen LogP contribution is -2.57. The first kappa shape index (κ1) is 14.0. The van der Waals surface area contributed by atoms with Gasteiger partial charge in [0.1, 0.15) is 11.9 Å². The van der Waals surface area contributed by atoms with Crippen LogP contribution >= 0.6 is 0 Å². The van der Waals surface area contributed by atoms with Gasteiger partial charge in [-0.2, -0.15) is 0 Å². The maximum absolute atomic E-state index is 12.2. The predicted molar refractivity (Wildman–Crippen MR) is 73.6 cm³/mol. The molecule has 1 amide bonds. The summed E-state index contributed by atoms with van der Waals surface area (Å²) in [5, 5.41) is 0. The van der Waals surface area contributed by atoms with Gasteiger partial charge < -0.3 is 9.47 Å². The Morgan fingerprint density at radius 3 is 2.74 bits per heavy atom. The van der Waals surface area contributed by atoms with Crippen LogP contribution < -0.4 is 0 Å². The standard InChI is InChI=1S/C13H23N5O/c1-15(2)13(19)11-9-18(8-7-16(11)3)10-12-14-5-6-17(12)4/h5-6,11H,7-10H2,1-4H3/t11-/m1/s1. The Labute approximate surface area is 114 Å². The van der Waals surface area contributed by atoms with Crippen LogP contribution in [-0.2, 0) is 18.4 Å². The average molecular weight is 265 g/mol. The monoisotopic (exact) mass is 265 g/mol. The molecule has 1 saturated heterocycles. The topological polar surface area (TPSA) is 44.6 Å². The van der Waals surface area contributed by atoms with E-state index in [4.69, 9.17) is 0 Å². The van der Waals surface area contributed by atoms with Crippen molar-refractivity contribution >= 4 is 5.91 Å². The van der Waals surface area contributed by atoms with Crippen LogP contribution in [0.2, 0.25) is 0 Å². The number of carbonyl (C=O) groups is 1. The lowest BCUT2D eigenvalue weighted by atomic mass is 10.1. The first-order valence-corrected chi connectivity index (χ1v) is 6.59. The highest BCUT2D eigenvalue weighted by Gasteiger charge is 2.31. The van der Waals surface area contributed by atoms with E-state index in [0.717, 1.165) is 32.0 Å². The highest BCUT2D eigenvalue weighted by Crippen LogP contribution is 2.12. The summed E-state index contributed by atoms with van der Waals surface area (Å²) in [6.45, 7) is 3.45. The van der Waals surface area contributed by atoms with E-state index in [-0.39, 0.29) is 11.9 Å². The van der Waals surface area contributed by atoms with E-state index < -0.39 is 0 Å². The molecule has 2 heterocycles. The minimum absolute atomic E-state index is 0.0518. The van der Waals surface area contributed by atoms with Crippen LogP contribution in [0.15, 0.2) is 12.4 Å². The number of rotatable bonds is 3. The number of imidazole rings is 1. The second-order valence-corrected chi connectivity index (χ2v) is 5.42. The van der Waals surface area contributed by atoms with Crippen molar-refractivity contribution in [1.82, 2.24) is 24.3 Å². The van der Waals surface area contributed by atoms with E-state index in [0.29, 0.717) is 0 Å². The zero-order chi connectivity index (χ0) is 14.0. The molecule has 1 aliphatic heterocycles. The molecule has 6 nitrogen and oxygen atoms in total. The highest BCUT2D eigenvalue weighted by molar-refractivity contribution is 5.81. The van der Waals surface area contributed by atoms with Gasteiger partial charge in [0.25, 0.3) is 0 Å². The fourth-order valence-electron chi connectivity index (χ4n) is 2.39. The van der Waals surface area contributed by atoms with Gasteiger partial charge in [-0.1, -0.05) is 0 Å². The van der Waals surface area contributed by atoms with Gasteiger partial charge >= 0.3 is 0 Å². The molecule has 1 aromatic heterocycles. The van der Waals surface area contributed by atoms with Crippen molar-refractivity contribution in [3.05, 3.63) is 18.2 Å². The molecule has 19 heavy (non-hydrogen) atoms. The third kappa shape index (κ3) is 3.13. The second kappa shape index (κ2) is 5.71. The lowest BCUT2D eigenvalue weighted by molar-refractivity contribution is -0.136. The fourth-order valence-corrected chi connectivity index (χ4v) is 2.39. The molecule has 1 aromatic rings. The molecule has 0 unspecified atom stereocenters. The van der Waals surface area contributed by atoms with E-state index in [1.54, 1.807) is 4.90 Å². The number of aryl methyl sites for hydroxylation is 1. The maximum atomic E-state index is 12.2. The number of nitrogens with zero attached hydrogens (tertiary/aromatic N) is 5. The minimum Gasteiger partial charge on any atom is -0.347 e. The molecule has 0 N–H and O–H groups in total. The Hall–Kier alpha value is -1.40. The van der Waals surface area contributed by atoms with E-state index in [2.05, 4.69) is 14.8 Å². The van der Waals surface area contributed by atoms with Crippen LogP contribution in [0, 0.1) is 0 Å². The summed E-state index contributed by atoms with van der Waals surface area (Å²) in [5.41, 5.74) is 0. The maximum Gasteiger partial charge on any atom is 0.240 e. The van der Waals surface area contributed by atoms with Crippen molar-refractivity contribution < 1.29 is 4.79 Å². The van der Waals surface area contributed by atoms with Crippen LogP contribution in [0.25, 0.3) is 0 Å². The number of amides is 1. The molecule has 0 saturated carbocycles. The molecule has 1 aliphatic rings. The summed E-state index contributed by atoms with van der Waals surface area (Å²) in [5.74, 6) is 1.22.